The summed E-state index contributed by atoms with van der Waals surface area (Å²) >= 11 is 0. The lowest BCUT2D eigenvalue weighted by atomic mass is 10.1. The number of hydrogen-bond acceptors (Lipinski definition) is 2. The van der Waals surface area contributed by atoms with E-state index in [1.165, 1.54) is 6.92 Å². The van der Waals surface area contributed by atoms with Crippen LogP contribution in [-0.4, -0.2) is 18.1 Å². The molecule has 3 nitrogen and oxygen atoms in total. The number of carbonyl (C=O) groups excluding carboxylic acids is 1. The van der Waals surface area contributed by atoms with Crippen LogP contribution in [0, 0.1) is 5.82 Å². The maximum atomic E-state index is 12.8. The third kappa shape index (κ3) is 3.69. The van der Waals surface area contributed by atoms with Crippen molar-refractivity contribution in [2.75, 3.05) is 0 Å². The lowest BCUT2D eigenvalue weighted by Gasteiger charge is -2.24. The highest BCUT2D eigenvalue weighted by molar-refractivity contribution is 5.79. The van der Waals surface area contributed by atoms with Crippen LogP contribution in [-0.2, 0) is 4.79 Å². The number of rotatable bonds is 4. The lowest BCUT2D eigenvalue weighted by Crippen LogP contribution is -2.45. The van der Waals surface area contributed by atoms with Crippen molar-refractivity contribution < 1.29 is 22.4 Å². The summed E-state index contributed by atoms with van der Waals surface area (Å²) in [5.74, 6) is -1.53. The van der Waals surface area contributed by atoms with E-state index in [2.05, 4.69) is 5.32 Å². The Morgan fingerprint density at radius 1 is 1.28 bits per heavy atom. The maximum Gasteiger partial charge on any atom is 0.407 e. The van der Waals surface area contributed by atoms with E-state index in [1.54, 1.807) is 0 Å². The zero-order valence-electron chi connectivity index (χ0n) is 9.46. The van der Waals surface area contributed by atoms with Crippen molar-refractivity contribution in [1.82, 2.24) is 5.32 Å². The van der Waals surface area contributed by atoms with Gasteiger partial charge in [-0.25, -0.2) is 4.39 Å². The second-order valence-corrected chi connectivity index (χ2v) is 3.82. The van der Waals surface area contributed by atoms with Crippen molar-refractivity contribution in [3.63, 3.8) is 0 Å². The minimum Gasteiger partial charge on any atom is -0.368 e. The highest BCUT2D eigenvalue weighted by Gasteiger charge is 2.41. The standard InChI is InChI=1S/C11H12F4N2O/c1-6(10(16)18)17-9(11(13,14)15)7-2-4-8(12)5-3-7/h2-6,9,17H,1H3,(H2,16,18)/t6?,9-/m0/s1. The third-order valence-electron chi connectivity index (χ3n) is 2.37. The smallest absolute Gasteiger partial charge is 0.368 e. The molecule has 1 unspecified atom stereocenters. The van der Waals surface area contributed by atoms with Gasteiger partial charge in [-0.1, -0.05) is 12.1 Å². The van der Waals surface area contributed by atoms with Crippen LogP contribution in [0.15, 0.2) is 24.3 Å². The summed E-state index contributed by atoms with van der Waals surface area (Å²) in [4.78, 5) is 10.8. The van der Waals surface area contributed by atoms with Crippen LogP contribution in [0.2, 0.25) is 0 Å². The molecule has 0 aromatic heterocycles. The van der Waals surface area contributed by atoms with Gasteiger partial charge in [-0.3, -0.25) is 10.1 Å². The van der Waals surface area contributed by atoms with E-state index >= 15 is 0 Å². The van der Waals surface area contributed by atoms with Crippen LogP contribution >= 0.6 is 0 Å². The Morgan fingerprint density at radius 3 is 2.17 bits per heavy atom. The zero-order valence-corrected chi connectivity index (χ0v) is 9.46. The number of primary amides is 1. The fraction of sp³-hybridized carbons (Fsp3) is 0.364. The second-order valence-electron chi connectivity index (χ2n) is 3.82. The monoisotopic (exact) mass is 264 g/mol. The van der Waals surface area contributed by atoms with Crippen LogP contribution in [0.4, 0.5) is 17.6 Å². The van der Waals surface area contributed by atoms with Crippen LogP contribution in [0.25, 0.3) is 0 Å². The Hall–Kier alpha value is -1.63. The average Bonchev–Trinajstić information content (AvgIpc) is 2.25. The molecule has 0 heterocycles. The first-order valence-electron chi connectivity index (χ1n) is 5.09. The fourth-order valence-corrected chi connectivity index (χ4v) is 1.37. The normalized spacial score (nSPS) is 15.2. The van der Waals surface area contributed by atoms with Gasteiger partial charge in [0.1, 0.15) is 11.9 Å². The first kappa shape index (κ1) is 14.4. The van der Waals surface area contributed by atoms with Gasteiger partial charge in [-0.2, -0.15) is 13.2 Å². The number of hydrogen-bond donors (Lipinski definition) is 2. The molecule has 7 heteroatoms. The number of halogens is 4. The second kappa shape index (κ2) is 5.34. The molecule has 0 spiro atoms. The van der Waals surface area contributed by atoms with Gasteiger partial charge in [0.2, 0.25) is 5.91 Å². The molecule has 1 amide bonds. The lowest BCUT2D eigenvalue weighted by molar-refractivity contribution is -0.160. The van der Waals surface area contributed by atoms with E-state index < -0.39 is 30.0 Å². The molecule has 100 valence electrons. The predicted molar refractivity (Wildman–Crippen MR) is 57.0 cm³/mol. The van der Waals surface area contributed by atoms with E-state index in [0.29, 0.717) is 0 Å². The summed E-state index contributed by atoms with van der Waals surface area (Å²) in [5, 5.41) is 2.07. The number of alkyl halides is 3. The molecular weight excluding hydrogens is 252 g/mol. The molecule has 0 saturated heterocycles. The minimum absolute atomic E-state index is 0.183. The Morgan fingerprint density at radius 2 is 1.78 bits per heavy atom. The van der Waals surface area contributed by atoms with Crippen LogP contribution in [0.1, 0.15) is 18.5 Å². The Kier molecular flexibility index (Phi) is 4.28. The summed E-state index contributed by atoms with van der Waals surface area (Å²) in [5.41, 5.74) is 4.72. The molecule has 0 aliphatic carbocycles. The van der Waals surface area contributed by atoms with Crippen molar-refractivity contribution in [3.8, 4) is 0 Å². The average molecular weight is 264 g/mol. The number of carbonyl (C=O) groups is 1. The number of nitrogens with one attached hydrogen (secondary N) is 1. The highest BCUT2D eigenvalue weighted by Crippen LogP contribution is 2.33. The Balaban J connectivity index is 2.99. The van der Waals surface area contributed by atoms with Gasteiger partial charge in [-0.15, -0.1) is 0 Å². The van der Waals surface area contributed by atoms with Gasteiger partial charge in [0.05, 0.1) is 6.04 Å². The van der Waals surface area contributed by atoms with E-state index in [0.717, 1.165) is 24.3 Å². The maximum absolute atomic E-state index is 12.8. The molecule has 1 rings (SSSR count). The van der Waals surface area contributed by atoms with Gasteiger partial charge in [-0.05, 0) is 24.6 Å². The summed E-state index contributed by atoms with van der Waals surface area (Å²) in [6, 6.07) is 0.639. The molecular formula is C11H12F4N2O. The minimum atomic E-state index is -4.61. The molecule has 1 aromatic rings. The van der Waals surface area contributed by atoms with Crippen molar-refractivity contribution in [2.45, 2.75) is 25.2 Å². The van der Waals surface area contributed by atoms with Crippen molar-refractivity contribution in [2.24, 2.45) is 5.73 Å². The molecule has 1 aromatic carbocycles. The summed E-state index contributed by atoms with van der Waals surface area (Å²) in [6.07, 6.45) is -4.61. The Labute approximate surface area is 101 Å². The van der Waals surface area contributed by atoms with Crippen LogP contribution < -0.4 is 11.1 Å². The quantitative estimate of drug-likeness (QED) is 0.816. The first-order valence-corrected chi connectivity index (χ1v) is 5.09. The largest absolute Gasteiger partial charge is 0.407 e. The molecule has 0 radical (unpaired) electrons. The van der Waals surface area contributed by atoms with Gasteiger partial charge >= 0.3 is 6.18 Å². The number of amides is 1. The highest BCUT2D eigenvalue weighted by atomic mass is 19.4. The van der Waals surface area contributed by atoms with E-state index in [4.69, 9.17) is 5.73 Å². The SMILES string of the molecule is CC(N[C@@H](c1ccc(F)cc1)C(F)(F)F)C(N)=O. The van der Waals surface area contributed by atoms with Gasteiger partial charge in [0, 0.05) is 0 Å². The van der Waals surface area contributed by atoms with E-state index in [-0.39, 0.29) is 5.56 Å². The van der Waals surface area contributed by atoms with Crippen molar-refractivity contribution in [1.29, 1.82) is 0 Å². The molecule has 0 aliphatic rings. The molecule has 3 N–H and O–H groups in total. The van der Waals surface area contributed by atoms with E-state index in [9.17, 15) is 22.4 Å². The van der Waals surface area contributed by atoms with E-state index in [1.807, 2.05) is 0 Å². The van der Waals surface area contributed by atoms with Crippen molar-refractivity contribution >= 4 is 5.91 Å². The predicted octanol–water partition coefficient (Wildman–Crippen LogP) is 1.89. The Bertz CT molecular complexity index is 416. The molecule has 0 saturated carbocycles. The van der Waals surface area contributed by atoms with Crippen molar-refractivity contribution in [3.05, 3.63) is 35.6 Å². The van der Waals surface area contributed by atoms with Crippen LogP contribution in [0.3, 0.4) is 0 Å². The summed E-state index contributed by atoms with van der Waals surface area (Å²) < 4.78 is 51.1. The van der Waals surface area contributed by atoms with Gasteiger partial charge in [0.25, 0.3) is 0 Å². The van der Waals surface area contributed by atoms with Gasteiger partial charge in [0.15, 0.2) is 0 Å². The van der Waals surface area contributed by atoms with Gasteiger partial charge < -0.3 is 5.73 Å². The molecule has 0 bridgehead atoms. The zero-order chi connectivity index (χ0) is 13.9. The van der Waals surface area contributed by atoms with Crippen LogP contribution in [0.5, 0.6) is 0 Å². The fourth-order valence-electron chi connectivity index (χ4n) is 1.37. The summed E-state index contributed by atoms with van der Waals surface area (Å²) in [6.45, 7) is 1.23. The molecule has 18 heavy (non-hydrogen) atoms. The molecule has 2 atom stereocenters. The topological polar surface area (TPSA) is 55.1 Å². The number of nitrogens with two attached hydrogens (primary N) is 1. The molecule has 0 aliphatic heterocycles. The first-order chi connectivity index (χ1) is 8.21. The molecule has 0 fully saturated rings. The number of benzene rings is 1. The summed E-state index contributed by atoms with van der Waals surface area (Å²) in [7, 11) is 0. The third-order valence-corrected chi connectivity index (χ3v) is 2.37.